The molecule has 1 rings (SSSR count). The van der Waals surface area contributed by atoms with Crippen LogP contribution in [0.25, 0.3) is 0 Å². The van der Waals surface area contributed by atoms with Crippen LogP contribution in [0.15, 0.2) is 85.1 Å². The van der Waals surface area contributed by atoms with Gasteiger partial charge in [0.15, 0.2) is 24.6 Å². The molecular weight excluding hydrogens is 1020 g/mol. The van der Waals surface area contributed by atoms with E-state index in [-0.39, 0.29) is 25.9 Å². The Kier molecular flexibility index (Phi) is 52.1. The van der Waals surface area contributed by atoms with Crippen molar-refractivity contribution in [2.45, 2.75) is 314 Å². The van der Waals surface area contributed by atoms with E-state index in [1.54, 1.807) is 0 Å². The molecule has 6 atom stereocenters. The summed E-state index contributed by atoms with van der Waals surface area (Å²) in [6.07, 6.45) is 61.2. The molecule has 1 aliphatic rings. The van der Waals surface area contributed by atoms with E-state index in [0.29, 0.717) is 19.3 Å². The summed E-state index contributed by atoms with van der Waals surface area (Å²) in [6.45, 7) is 5.77. The predicted octanol–water partition coefficient (Wildman–Crippen LogP) is 17.5. The van der Waals surface area contributed by atoms with E-state index in [1.807, 2.05) is 0 Å². The average Bonchev–Trinajstić information content (AvgIpc) is 3.46. The van der Waals surface area contributed by atoms with Crippen molar-refractivity contribution in [1.82, 2.24) is 0 Å². The van der Waals surface area contributed by atoms with Crippen LogP contribution in [0, 0.1) is 0 Å². The van der Waals surface area contributed by atoms with Crippen LogP contribution in [0.4, 0.5) is 0 Å². The van der Waals surface area contributed by atoms with E-state index in [9.17, 15) is 34.5 Å². The van der Waals surface area contributed by atoms with E-state index in [1.165, 1.54) is 96.3 Å². The van der Waals surface area contributed by atoms with Gasteiger partial charge in [0.1, 0.15) is 18.8 Å². The minimum absolute atomic E-state index is 0.0223. The smallest absolute Gasteiger partial charge is 0.335 e. The van der Waals surface area contributed by atoms with Gasteiger partial charge in [-0.15, -0.1) is 0 Å². The summed E-state index contributed by atoms with van der Waals surface area (Å²) in [7, 11) is 0. The molecule has 6 unspecified atom stereocenters. The number of allylic oxidation sites excluding steroid dienone is 14. The molecule has 1 fully saturated rings. The van der Waals surface area contributed by atoms with Crippen molar-refractivity contribution in [3.63, 3.8) is 0 Å². The van der Waals surface area contributed by atoms with Crippen LogP contribution in [-0.4, -0.2) is 89.2 Å². The summed E-state index contributed by atoms with van der Waals surface area (Å²) >= 11 is 0. The Hall–Kier alpha value is -4.10. The number of esters is 3. The molecule has 0 aromatic heterocycles. The van der Waals surface area contributed by atoms with Crippen molar-refractivity contribution in [2.75, 3.05) is 13.2 Å². The van der Waals surface area contributed by atoms with Gasteiger partial charge in [-0.25, -0.2) is 4.79 Å². The van der Waals surface area contributed by atoms with Crippen molar-refractivity contribution in [1.29, 1.82) is 0 Å². The first kappa shape index (κ1) is 74.9. The van der Waals surface area contributed by atoms with Gasteiger partial charge in [0.25, 0.3) is 0 Å². The van der Waals surface area contributed by atoms with Crippen LogP contribution in [0.1, 0.15) is 278 Å². The number of ether oxygens (including phenoxy) is 5. The van der Waals surface area contributed by atoms with Gasteiger partial charge in [0, 0.05) is 19.3 Å². The third kappa shape index (κ3) is 46.0. The Morgan fingerprint density at radius 1 is 0.420 bits per heavy atom. The second kappa shape index (κ2) is 56.4. The molecule has 0 aliphatic carbocycles. The van der Waals surface area contributed by atoms with E-state index in [0.717, 1.165) is 122 Å². The summed E-state index contributed by atoms with van der Waals surface area (Å²) < 4.78 is 28.5. The highest BCUT2D eigenvalue weighted by atomic mass is 16.7. The number of aliphatic hydroxyl groups is 2. The highest BCUT2D eigenvalue weighted by Gasteiger charge is 2.50. The molecule has 1 saturated heterocycles. The number of hydrogen-bond acceptors (Lipinski definition) is 11. The third-order valence-corrected chi connectivity index (χ3v) is 14.5. The standard InChI is InChI=1S/C69H116O12/c1-4-7-10-13-16-19-22-25-27-29-31-33-35-38-40-43-46-49-52-55-61(70)77-58-60(79-62(71)56-53-50-47-44-42-39-36-34-32-30-28-26-23-20-17-14-11-8-5-2)59-78-69-67(65(74)64(73)66(81-69)68(75)76)80-63(72)57-54-51-48-45-41-37-24-21-18-15-12-9-6-3/h7,9-10,12,16,18-19,21,25,27,31,33,37,41,60,64-67,69,73-74H,4-6,8,11,13-15,17,20,22-24,26,28-30,32,34-36,38-40,42-59H2,1-3H3,(H,75,76)/b10-7-,12-9-,19-16-,21-18-,27-25-,33-31-,41-37-. The number of carbonyl (C=O) groups excluding carboxylic acids is 3. The molecule has 0 radical (unpaired) electrons. The Bertz CT molecular complexity index is 1730. The molecule has 81 heavy (non-hydrogen) atoms. The largest absolute Gasteiger partial charge is 0.479 e. The normalized spacial score (nSPS) is 18.3. The molecule has 0 spiro atoms. The first-order valence-electron chi connectivity index (χ1n) is 32.6. The van der Waals surface area contributed by atoms with Crippen molar-refractivity contribution in [3.05, 3.63) is 85.1 Å². The molecule has 12 heteroatoms. The Balaban J connectivity index is 2.66. The van der Waals surface area contributed by atoms with Crippen LogP contribution < -0.4 is 0 Å². The van der Waals surface area contributed by atoms with Gasteiger partial charge in [0.05, 0.1) is 6.61 Å². The molecule has 0 bridgehead atoms. The van der Waals surface area contributed by atoms with Crippen molar-refractivity contribution in [2.24, 2.45) is 0 Å². The van der Waals surface area contributed by atoms with E-state index < -0.39 is 67.3 Å². The minimum atomic E-state index is -1.92. The number of aliphatic carboxylic acids is 1. The van der Waals surface area contributed by atoms with Crippen LogP contribution >= 0.6 is 0 Å². The Morgan fingerprint density at radius 2 is 0.778 bits per heavy atom. The fourth-order valence-corrected chi connectivity index (χ4v) is 9.55. The third-order valence-electron chi connectivity index (χ3n) is 14.5. The number of hydrogen-bond donors (Lipinski definition) is 3. The zero-order valence-corrected chi connectivity index (χ0v) is 51.3. The average molecular weight is 1140 g/mol. The van der Waals surface area contributed by atoms with Gasteiger partial charge >= 0.3 is 23.9 Å². The molecule has 0 aromatic rings. The summed E-state index contributed by atoms with van der Waals surface area (Å²) in [6, 6.07) is 0. The molecule has 464 valence electrons. The van der Waals surface area contributed by atoms with Crippen LogP contribution in [0.5, 0.6) is 0 Å². The minimum Gasteiger partial charge on any atom is -0.479 e. The SMILES string of the molecule is CC/C=C\C/C=C\C/C=C\C/C=C\CCCCCCCCC(=O)OCC(COC1OC(C(=O)O)C(O)C(O)C1OC(=O)CCCCC/C=C\C/C=C\C/C=C\CC)OC(=O)CCCCCCCCCCCCCCCCCCCCC. The molecule has 3 N–H and O–H groups in total. The van der Waals surface area contributed by atoms with Crippen LogP contribution in [0.2, 0.25) is 0 Å². The lowest BCUT2D eigenvalue weighted by molar-refractivity contribution is -0.301. The highest BCUT2D eigenvalue weighted by molar-refractivity contribution is 5.74. The lowest BCUT2D eigenvalue weighted by atomic mass is 9.98. The maximum Gasteiger partial charge on any atom is 0.335 e. The van der Waals surface area contributed by atoms with Crippen molar-refractivity contribution < 1.29 is 58.2 Å². The Morgan fingerprint density at radius 3 is 1.20 bits per heavy atom. The topological polar surface area (TPSA) is 175 Å². The fourth-order valence-electron chi connectivity index (χ4n) is 9.55. The molecule has 1 aliphatic heterocycles. The van der Waals surface area contributed by atoms with E-state index in [4.69, 9.17) is 23.7 Å². The summed E-state index contributed by atoms with van der Waals surface area (Å²) in [4.78, 5) is 51.3. The quantitative estimate of drug-likeness (QED) is 0.0228. The van der Waals surface area contributed by atoms with Gasteiger partial charge in [-0.1, -0.05) is 254 Å². The second-order valence-corrected chi connectivity index (χ2v) is 22.0. The Labute approximate surface area is 492 Å². The maximum absolute atomic E-state index is 13.2. The lowest BCUT2D eigenvalue weighted by Crippen LogP contribution is -2.61. The first-order chi connectivity index (χ1) is 39.6. The summed E-state index contributed by atoms with van der Waals surface area (Å²) in [5.41, 5.74) is 0. The lowest BCUT2D eigenvalue weighted by Gasteiger charge is -2.40. The number of carboxylic acids is 1. The fraction of sp³-hybridized carbons (Fsp3) is 0.739. The van der Waals surface area contributed by atoms with E-state index in [2.05, 4.69) is 106 Å². The van der Waals surface area contributed by atoms with Gasteiger partial charge in [-0.05, 0) is 89.9 Å². The number of unbranched alkanes of at least 4 members (excludes halogenated alkanes) is 27. The van der Waals surface area contributed by atoms with E-state index >= 15 is 0 Å². The van der Waals surface area contributed by atoms with Crippen LogP contribution in [-0.2, 0) is 42.9 Å². The van der Waals surface area contributed by atoms with Gasteiger partial charge < -0.3 is 39.0 Å². The monoisotopic (exact) mass is 1140 g/mol. The zero-order valence-electron chi connectivity index (χ0n) is 51.3. The van der Waals surface area contributed by atoms with Gasteiger partial charge in [-0.3, -0.25) is 14.4 Å². The molecule has 0 saturated carbocycles. The molecule has 12 nitrogen and oxygen atoms in total. The maximum atomic E-state index is 13.2. The van der Waals surface area contributed by atoms with Gasteiger partial charge in [-0.2, -0.15) is 0 Å². The second-order valence-electron chi connectivity index (χ2n) is 22.0. The molecule has 0 amide bonds. The van der Waals surface area contributed by atoms with Crippen molar-refractivity contribution in [3.8, 4) is 0 Å². The highest BCUT2D eigenvalue weighted by Crippen LogP contribution is 2.27. The summed E-state index contributed by atoms with van der Waals surface area (Å²) in [5, 5.41) is 31.5. The number of carbonyl (C=O) groups is 4. The van der Waals surface area contributed by atoms with Crippen molar-refractivity contribution >= 4 is 23.9 Å². The number of aliphatic hydroxyl groups excluding tert-OH is 2. The molecular formula is C69H116O12. The number of rotatable bonds is 55. The zero-order chi connectivity index (χ0) is 58.9. The van der Waals surface area contributed by atoms with Crippen LogP contribution in [0.3, 0.4) is 0 Å². The molecule has 1 heterocycles. The van der Waals surface area contributed by atoms with Gasteiger partial charge in [0.2, 0.25) is 0 Å². The predicted molar refractivity (Wildman–Crippen MR) is 331 cm³/mol. The first-order valence-corrected chi connectivity index (χ1v) is 32.6. The molecule has 0 aromatic carbocycles. The number of carboxylic acid groups (broad SMARTS) is 1. The summed E-state index contributed by atoms with van der Waals surface area (Å²) in [5.74, 6) is -3.16.